The van der Waals surface area contributed by atoms with E-state index in [0.717, 1.165) is 32.4 Å². The molecule has 1 aliphatic heterocycles. The number of aliphatic hydroxyl groups is 1. The van der Waals surface area contributed by atoms with Gasteiger partial charge in [0.1, 0.15) is 0 Å². The van der Waals surface area contributed by atoms with Gasteiger partial charge in [-0.15, -0.1) is 0 Å². The average molecular weight is 285 g/mol. The fourth-order valence-corrected chi connectivity index (χ4v) is 2.94. The predicted octanol–water partition coefficient (Wildman–Crippen LogP) is 0.726. The van der Waals surface area contributed by atoms with Crippen LogP contribution in [0.4, 0.5) is 0 Å². The minimum Gasteiger partial charge on any atom is -0.388 e. The van der Waals surface area contributed by atoms with Crippen LogP contribution in [0.3, 0.4) is 0 Å². The highest BCUT2D eigenvalue weighted by Crippen LogP contribution is 2.21. The lowest BCUT2D eigenvalue weighted by molar-refractivity contribution is -0.120. The summed E-state index contributed by atoms with van der Waals surface area (Å²) in [5, 5.41) is 16.9. The zero-order valence-corrected chi connectivity index (χ0v) is 13.6. The van der Waals surface area contributed by atoms with E-state index < -0.39 is 5.60 Å². The van der Waals surface area contributed by atoms with E-state index in [1.807, 2.05) is 13.8 Å². The Morgan fingerprint density at radius 2 is 1.95 bits per heavy atom. The summed E-state index contributed by atoms with van der Waals surface area (Å²) in [6, 6.07) is 0.250. The molecule has 1 unspecified atom stereocenters. The molecule has 0 aliphatic carbocycles. The summed E-state index contributed by atoms with van der Waals surface area (Å²) in [6.07, 6.45) is 2.47. The van der Waals surface area contributed by atoms with Crippen LogP contribution in [-0.4, -0.2) is 59.8 Å². The molecule has 0 aromatic rings. The van der Waals surface area contributed by atoms with Gasteiger partial charge in [0.05, 0.1) is 5.60 Å². The molecule has 1 fully saturated rings. The number of hydrogen-bond donors (Lipinski definition) is 3. The third kappa shape index (κ3) is 6.20. The number of hydrogen-bond acceptors (Lipinski definition) is 4. The molecule has 1 atom stereocenters. The first kappa shape index (κ1) is 17.4. The van der Waals surface area contributed by atoms with Gasteiger partial charge in [-0.3, -0.25) is 4.79 Å². The van der Waals surface area contributed by atoms with Crippen molar-refractivity contribution in [3.63, 3.8) is 0 Å². The molecule has 1 saturated heterocycles. The van der Waals surface area contributed by atoms with Gasteiger partial charge < -0.3 is 20.6 Å². The van der Waals surface area contributed by atoms with Crippen LogP contribution in [0.1, 0.15) is 47.0 Å². The van der Waals surface area contributed by atoms with Gasteiger partial charge in [-0.2, -0.15) is 0 Å². The summed E-state index contributed by atoms with van der Waals surface area (Å²) in [5.41, 5.74) is -0.813. The maximum Gasteiger partial charge on any atom is 0.217 e. The molecule has 0 bridgehead atoms. The summed E-state index contributed by atoms with van der Waals surface area (Å²) < 4.78 is 0. The van der Waals surface area contributed by atoms with Crippen molar-refractivity contribution in [2.45, 2.75) is 64.1 Å². The first-order valence-electron chi connectivity index (χ1n) is 7.55. The smallest absolute Gasteiger partial charge is 0.217 e. The number of nitrogens with one attached hydrogen (secondary N) is 2. The summed E-state index contributed by atoms with van der Waals surface area (Å²) in [7, 11) is 2.09. The molecular weight excluding hydrogens is 254 g/mol. The zero-order valence-electron chi connectivity index (χ0n) is 13.6. The summed E-state index contributed by atoms with van der Waals surface area (Å²) in [4.78, 5) is 13.4. The summed E-state index contributed by atoms with van der Waals surface area (Å²) in [5.74, 6) is -0.00357. The molecule has 0 saturated carbocycles. The van der Waals surface area contributed by atoms with Gasteiger partial charge in [-0.05, 0) is 47.1 Å². The minimum absolute atomic E-state index is 0.00357. The highest BCUT2D eigenvalue weighted by Gasteiger charge is 2.31. The number of likely N-dealkylation sites (tertiary alicyclic amines) is 1. The van der Waals surface area contributed by atoms with Crippen molar-refractivity contribution in [2.24, 2.45) is 0 Å². The molecule has 3 N–H and O–H groups in total. The second-order valence-electron chi connectivity index (χ2n) is 7.08. The molecule has 0 radical (unpaired) electrons. The SMILES string of the molecule is CC(=O)NC(C)(C)CC(C)NCC1(O)CCN(C)CC1. The van der Waals surface area contributed by atoms with Crippen LogP contribution in [-0.2, 0) is 4.79 Å². The fraction of sp³-hybridized carbons (Fsp3) is 0.933. The Morgan fingerprint density at radius 3 is 2.45 bits per heavy atom. The van der Waals surface area contributed by atoms with Crippen LogP contribution in [0.5, 0.6) is 0 Å². The molecule has 1 heterocycles. The van der Waals surface area contributed by atoms with Crippen molar-refractivity contribution in [2.75, 3.05) is 26.7 Å². The van der Waals surface area contributed by atoms with Gasteiger partial charge in [0.15, 0.2) is 0 Å². The lowest BCUT2D eigenvalue weighted by atomic mass is 9.90. The van der Waals surface area contributed by atoms with E-state index in [2.05, 4.69) is 29.5 Å². The Hall–Kier alpha value is -0.650. The highest BCUT2D eigenvalue weighted by molar-refractivity contribution is 5.73. The lowest BCUT2D eigenvalue weighted by Crippen LogP contribution is -2.52. The first-order chi connectivity index (χ1) is 9.12. The fourth-order valence-electron chi connectivity index (χ4n) is 2.94. The molecular formula is C15H31N3O2. The number of carbonyl (C=O) groups is 1. The third-order valence-electron chi connectivity index (χ3n) is 4.03. The van der Waals surface area contributed by atoms with Gasteiger partial charge in [0.2, 0.25) is 5.91 Å². The quantitative estimate of drug-likeness (QED) is 0.673. The molecule has 118 valence electrons. The van der Waals surface area contributed by atoms with Crippen molar-refractivity contribution in [1.29, 1.82) is 0 Å². The van der Waals surface area contributed by atoms with Crippen molar-refractivity contribution in [1.82, 2.24) is 15.5 Å². The number of piperidine rings is 1. The van der Waals surface area contributed by atoms with E-state index in [4.69, 9.17) is 0 Å². The van der Waals surface area contributed by atoms with Crippen molar-refractivity contribution >= 4 is 5.91 Å². The Morgan fingerprint density at radius 1 is 1.40 bits per heavy atom. The second kappa shape index (κ2) is 6.87. The van der Waals surface area contributed by atoms with Crippen LogP contribution in [0.2, 0.25) is 0 Å². The summed E-state index contributed by atoms with van der Waals surface area (Å²) >= 11 is 0. The lowest BCUT2D eigenvalue weighted by Gasteiger charge is -2.38. The molecule has 5 nitrogen and oxygen atoms in total. The van der Waals surface area contributed by atoms with Gasteiger partial charge >= 0.3 is 0 Å². The van der Waals surface area contributed by atoms with E-state index in [-0.39, 0.29) is 17.5 Å². The normalized spacial score (nSPS) is 21.5. The van der Waals surface area contributed by atoms with Crippen molar-refractivity contribution in [3.8, 4) is 0 Å². The van der Waals surface area contributed by atoms with Crippen LogP contribution < -0.4 is 10.6 Å². The molecule has 0 aromatic carbocycles. The predicted molar refractivity (Wildman–Crippen MR) is 81.7 cm³/mol. The maximum atomic E-state index is 11.2. The Bertz CT molecular complexity index is 323. The van der Waals surface area contributed by atoms with Crippen LogP contribution in [0, 0.1) is 0 Å². The van der Waals surface area contributed by atoms with E-state index >= 15 is 0 Å². The number of nitrogens with zero attached hydrogens (tertiary/aromatic N) is 1. The molecule has 1 amide bonds. The standard InChI is InChI=1S/C15H31N3O2/c1-12(10-14(3,4)17-13(2)19)16-11-15(20)6-8-18(5)9-7-15/h12,16,20H,6-11H2,1-5H3,(H,17,19). The average Bonchev–Trinajstić information content (AvgIpc) is 2.29. The largest absolute Gasteiger partial charge is 0.388 e. The van der Waals surface area contributed by atoms with Gasteiger partial charge in [0.25, 0.3) is 0 Å². The third-order valence-corrected chi connectivity index (χ3v) is 4.03. The minimum atomic E-state index is -0.584. The number of rotatable bonds is 6. The highest BCUT2D eigenvalue weighted by atomic mass is 16.3. The monoisotopic (exact) mass is 285 g/mol. The number of carbonyl (C=O) groups excluding carboxylic acids is 1. The van der Waals surface area contributed by atoms with Gasteiger partial charge in [-0.25, -0.2) is 0 Å². The number of amides is 1. The van der Waals surface area contributed by atoms with Crippen LogP contribution in [0.15, 0.2) is 0 Å². The molecule has 20 heavy (non-hydrogen) atoms. The van der Waals surface area contributed by atoms with Crippen LogP contribution >= 0.6 is 0 Å². The van der Waals surface area contributed by atoms with Crippen molar-refractivity contribution < 1.29 is 9.90 Å². The van der Waals surface area contributed by atoms with E-state index in [9.17, 15) is 9.90 Å². The van der Waals surface area contributed by atoms with E-state index in [1.54, 1.807) is 6.92 Å². The van der Waals surface area contributed by atoms with Gasteiger partial charge in [-0.1, -0.05) is 0 Å². The topological polar surface area (TPSA) is 64.6 Å². The second-order valence-corrected chi connectivity index (χ2v) is 7.08. The molecule has 0 spiro atoms. The van der Waals surface area contributed by atoms with Crippen LogP contribution in [0.25, 0.3) is 0 Å². The molecule has 5 heteroatoms. The Balaban J connectivity index is 2.35. The maximum absolute atomic E-state index is 11.2. The Kier molecular flexibility index (Phi) is 5.98. The molecule has 1 rings (SSSR count). The van der Waals surface area contributed by atoms with Crippen molar-refractivity contribution in [3.05, 3.63) is 0 Å². The first-order valence-corrected chi connectivity index (χ1v) is 7.55. The zero-order chi connectivity index (χ0) is 15.4. The van der Waals surface area contributed by atoms with Gasteiger partial charge in [0, 0.05) is 38.1 Å². The molecule has 0 aromatic heterocycles. The Labute approximate surface area is 123 Å². The van der Waals surface area contributed by atoms with E-state index in [1.165, 1.54) is 0 Å². The summed E-state index contributed by atoms with van der Waals surface area (Å²) in [6.45, 7) is 10.2. The van der Waals surface area contributed by atoms with E-state index in [0.29, 0.717) is 6.54 Å². The molecule has 1 aliphatic rings.